The molecule has 0 unspecified atom stereocenters. The molecule has 2 saturated heterocycles. The summed E-state index contributed by atoms with van der Waals surface area (Å²) in [5.74, 6) is 0. The first-order valence-corrected chi connectivity index (χ1v) is 8.02. The number of ether oxygens (including phenoxy) is 2. The largest absolute Gasteiger partial charge is 0.394 e. The molecule has 0 spiro atoms. The lowest BCUT2D eigenvalue weighted by molar-refractivity contribution is -0.249. The van der Waals surface area contributed by atoms with E-state index in [9.17, 15) is 30.6 Å². The highest BCUT2D eigenvalue weighted by atomic mass is 32.2. The summed E-state index contributed by atoms with van der Waals surface area (Å²) in [5.41, 5.74) is -1.19. The van der Waals surface area contributed by atoms with Gasteiger partial charge in [-0.15, -0.1) is 11.8 Å². The first-order valence-electron chi connectivity index (χ1n) is 7.08. The summed E-state index contributed by atoms with van der Waals surface area (Å²) in [6.07, 6.45) is -11.5. The molecule has 0 aromatic rings. The molecule has 10 nitrogen and oxygen atoms in total. The molecule has 11 heteroatoms. The molecule has 8 N–H and O–H groups in total. The monoisotopic (exact) mass is 358 g/mol. The number of hydrogen-bond acceptors (Lipinski definition) is 11. The van der Waals surface area contributed by atoms with Crippen LogP contribution in [-0.4, -0.2) is 114 Å². The van der Waals surface area contributed by atoms with Crippen molar-refractivity contribution in [2.75, 3.05) is 13.2 Å². The highest BCUT2D eigenvalue weighted by Crippen LogP contribution is 2.37. The van der Waals surface area contributed by atoms with Crippen LogP contribution in [-0.2, 0) is 9.47 Å². The Morgan fingerprint density at radius 1 is 0.652 bits per heavy atom. The zero-order valence-corrected chi connectivity index (χ0v) is 12.8. The molecular formula is C12H22O10S. The van der Waals surface area contributed by atoms with Crippen LogP contribution in [0.25, 0.3) is 0 Å². The molecule has 2 fully saturated rings. The Kier molecular flexibility index (Phi) is 6.61. The number of aliphatic hydroxyl groups is 8. The van der Waals surface area contributed by atoms with E-state index in [0.717, 1.165) is 0 Å². The first-order chi connectivity index (χ1) is 10.8. The van der Waals surface area contributed by atoms with Crippen molar-refractivity contribution in [1.29, 1.82) is 0 Å². The van der Waals surface area contributed by atoms with Crippen LogP contribution in [0, 0.1) is 0 Å². The number of aliphatic hydroxyl groups excluding tert-OH is 8. The van der Waals surface area contributed by atoms with E-state index >= 15 is 0 Å². The highest BCUT2D eigenvalue weighted by Gasteiger charge is 2.49. The topological polar surface area (TPSA) is 180 Å². The second kappa shape index (κ2) is 7.89. The van der Waals surface area contributed by atoms with E-state index in [4.69, 9.17) is 19.7 Å². The van der Waals surface area contributed by atoms with Crippen molar-refractivity contribution in [2.45, 2.75) is 59.7 Å². The van der Waals surface area contributed by atoms with Gasteiger partial charge in [0.15, 0.2) is 6.29 Å². The van der Waals surface area contributed by atoms with E-state index in [1.54, 1.807) is 0 Å². The highest BCUT2D eigenvalue weighted by molar-refractivity contribution is 8.00. The van der Waals surface area contributed by atoms with Gasteiger partial charge in [0, 0.05) is 0 Å². The fraction of sp³-hybridized carbons (Fsp3) is 1.00. The van der Waals surface area contributed by atoms with Gasteiger partial charge in [0.05, 0.1) is 24.6 Å². The average molecular weight is 358 g/mol. The summed E-state index contributed by atoms with van der Waals surface area (Å²) in [4.78, 5) is 0. The molecule has 10 atom stereocenters. The van der Waals surface area contributed by atoms with Crippen molar-refractivity contribution in [1.82, 2.24) is 0 Å². The number of thioether (sulfide) groups is 1. The van der Waals surface area contributed by atoms with Crippen LogP contribution >= 0.6 is 11.8 Å². The van der Waals surface area contributed by atoms with Crippen LogP contribution in [0.15, 0.2) is 0 Å². The molecule has 2 rings (SSSR count). The van der Waals surface area contributed by atoms with E-state index < -0.39 is 72.9 Å². The molecule has 0 aromatic heterocycles. The van der Waals surface area contributed by atoms with E-state index in [1.807, 2.05) is 0 Å². The van der Waals surface area contributed by atoms with Gasteiger partial charge in [0.2, 0.25) is 0 Å². The summed E-state index contributed by atoms with van der Waals surface area (Å²) in [7, 11) is 0. The van der Waals surface area contributed by atoms with Crippen molar-refractivity contribution >= 4 is 11.8 Å². The van der Waals surface area contributed by atoms with Crippen molar-refractivity contribution in [3.05, 3.63) is 0 Å². The maximum absolute atomic E-state index is 10.1. The Morgan fingerprint density at radius 3 is 1.78 bits per heavy atom. The lowest BCUT2D eigenvalue weighted by Gasteiger charge is -2.44. The SMILES string of the molecule is OC[C@H]1O[C@H](S[C@@H]2[C@@H](O)[C@H](O)O[C@H](CO)[C@H]2O)[C@H](O)[C@@H](O)[C@@H]1O. The molecule has 0 saturated carbocycles. The minimum absolute atomic E-state index is 0.601. The summed E-state index contributed by atoms with van der Waals surface area (Å²) in [6, 6.07) is 0. The zero-order chi connectivity index (χ0) is 17.3. The van der Waals surface area contributed by atoms with E-state index in [1.165, 1.54) is 0 Å². The van der Waals surface area contributed by atoms with E-state index in [0.29, 0.717) is 11.8 Å². The second-order valence-corrected chi connectivity index (χ2v) is 6.81. The summed E-state index contributed by atoms with van der Waals surface area (Å²) < 4.78 is 10.1. The van der Waals surface area contributed by atoms with Gasteiger partial charge in [-0.1, -0.05) is 0 Å². The molecule has 23 heavy (non-hydrogen) atoms. The molecule has 0 amide bonds. The van der Waals surface area contributed by atoms with Crippen molar-refractivity contribution in [3.8, 4) is 0 Å². The maximum atomic E-state index is 10.1. The van der Waals surface area contributed by atoms with Crippen molar-refractivity contribution in [2.24, 2.45) is 0 Å². The Balaban J connectivity index is 2.11. The standard InChI is InChI=1S/C12H22O10S/c13-1-3-5(15)7(17)8(18)12(22-3)23-10-6(16)4(2-14)21-11(20)9(10)19/h3-20H,1-2H2/t3-,4-,5-,6-,7+,8-,9-,10+,11-,12-/m1/s1. The predicted octanol–water partition coefficient (Wildman–Crippen LogP) is -4.68. The molecule has 2 aliphatic heterocycles. The molecule has 136 valence electrons. The Labute approximate surface area is 135 Å². The third-order valence-corrected chi connectivity index (χ3v) is 5.51. The third-order valence-electron chi connectivity index (χ3n) is 3.98. The van der Waals surface area contributed by atoms with Crippen LogP contribution in [0.4, 0.5) is 0 Å². The molecule has 0 bridgehead atoms. The normalized spacial score (nSPS) is 51.7. The van der Waals surface area contributed by atoms with Gasteiger partial charge in [0.25, 0.3) is 0 Å². The summed E-state index contributed by atoms with van der Waals surface area (Å²) in [5, 5.41) is 76.2. The van der Waals surface area contributed by atoms with Crippen LogP contribution in [0.1, 0.15) is 0 Å². The van der Waals surface area contributed by atoms with Gasteiger partial charge in [-0.2, -0.15) is 0 Å². The molecule has 0 aliphatic carbocycles. The lowest BCUT2D eigenvalue weighted by atomic mass is 10.0. The quantitative estimate of drug-likeness (QED) is 0.242. The summed E-state index contributed by atoms with van der Waals surface area (Å²) >= 11 is 0.708. The lowest BCUT2D eigenvalue weighted by Crippen LogP contribution is -2.61. The maximum Gasteiger partial charge on any atom is 0.182 e. The molecule has 2 aliphatic rings. The second-order valence-electron chi connectivity index (χ2n) is 5.53. The van der Waals surface area contributed by atoms with Gasteiger partial charge in [-0.05, 0) is 0 Å². The minimum atomic E-state index is -1.65. The van der Waals surface area contributed by atoms with Gasteiger partial charge in [-0.25, -0.2) is 0 Å². The van der Waals surface area contributed by atoms with Gasteiger partial charge in [0.1, 0.15) is 42.1 Å². The van der Waals surface area contributed by atoms with Crippen molar-refractivity contribution < 1.29 is 50.3 Å². The minimum Gasteiger partial charge on any atom is -0.394 e. The predicted molar refractivity (Wildman–Crippen MR) is 75.1 cm³/mol. The van der Waals surface area contributed by atoms with Crippen LogP contribution < -0.4 is 0 Å². The molecular weight excluding hydrogens is 336 g/mol. The van der Waals surface area contributed by atoms with E-state index in [2.05, 4.69) is 0 Å². The van der Waals surface area contributed by atoms with Gasteiger partial charge >= 0.3 is 0 Å². The van der Waals surface area contributed by atoms with Crippen LogP contribution in [0.3, 0.4) is 0 Å². The Morgan fingerprint density at radius 2 is 1.22 bits per heavy atom. The average Bonchev–Trinajstić information content (AvgIpc) is 2.54. The van der Waals surface area contributed by atoms with Gasteiger partial charge < -0.3 is 50.3 Å². The molecule has 0 radical (unpaired) electrons. The third kappa shape index (κ3) is 3.80. The molecule has 0 aromatic carbocycles. The number of rotatable bonds is 4. The molecule has 2 heterocycles. The van der Waals surface area contributed by atoms with E-state index in [-0.39, 0.29) is 0 Å². The summed E-state index contributed by atoms with van der Waals surface area (Å²) in [6.45, 7) is -1.21. The first kappa shape index (κ1) is 19.3. The zero-order valence-electron chi connectivity index (χ0n) is 12.0. The van der Waals surface area contributed by atoms with Crippen LogP contribution in [0.2, 0.25) is 0 Å². The van der Waals surface area contributed by atoms with Crippen LogP contribution in [0.5, 0.6) is 0 Å². The fourth-order valence-corrected chi connectivity index (χ4v) is 4.03. The van der Waals surface area contributed by atoms with Gasteiger partial charge in [-0.3, -0.25) is 0 Å². The number of hydrogen-bond donors (Lipinski definition) is 8. The Bertz CT molecular complexity index is 385. The fourth-order valence-electron chi connectivity index (χ4n) is 2.56. The Hall–Kier alpha value is -0.0500. The smallest absolute Gasteiger partial charge is 0.182 e. The van der Waals surface area contributed by atoms with Crippen molar-refractivity contribution in [3.63, 3.8) is 0 Å².